The van der Waals surface area contributed by atoms with Gasteiger partial charge in [0.05, 0.1) is 0 Å². The van der Waals surface area contributed by atoms with E-state index in [2.05, 4.69) is 38.1 Å². The van der Waals surface area contributed by atoms with Crippen LogP contribution in [-0.4, -0.2) is 17.1 Å². The highest BCUT2D eigenvalue weighted by Crippen LogP contribution is 2.28. The summed E-state index contributed by atoms with van der Waals surface area (Å²) in [4.78, 5) is 0. The number of nitrogens with zero attached hydrogens (tertiary/aromatic N) is 1. The Kier molecular flexibility index (Phi) is 5.86. The van der Waals surface area contributed by atoms with Gasteiger partial charge in [-0.15, -0.1) is 0 Å². The summed E-state index contributed by atoms with van der Waals surface area (Å²) in [6.07, 6.45) is 2.25. The van der Waals surface area contributed by atoms with Gasteiger partial charge in [-0.05, 0) is 36.0 Å². The van der Waals surface area contributed by atoms with Crippen molar-refractivity contribution in [3.05, 3.63) is 29.8 Å². The van der Waals surface area contributed by atoms with Gasteiger partial charge in [-0.25, -0.2) is 0 Å². The first-order valence-electron chi connectivity index (χ1n) is 7.16. The molecule has 0 heterocycles. The number of oxime groups is 1. The molecule has 0 aliphatic heterocycles. The monoisotopic (exact) mass is 278 g/mol. The predicted octanol–water partition coefficient (Wildman–Crippen LogP) is 3.67. The lowest BCUT2D eigenvalue weighted by molar-refractivity contribution is 0.202. The van der Waals surface area contributed by atoms with E-state index in [0.29, 0.717) is 6.42 Å². The molecule has 0 saturated carbocycles. The van der Waals surface area contributed by atoms with Gasteiger partial charge in [0.2, 0.25) is 0 Å². The standard InChI is InChI=1S/C16H26N2O2/c1-5-13(11-15(17)18-19)20-14-9-7-12(8-10-14)16(3,4)6-2/h7-10,13,19H,5-6,11H2,1-4H3,(H2,17,18). The van der Waals surface area contributed by atoms with Crippen LogP contribution in [0, 0.1) is 0 Å². The van der Waals surface area contributed by atoms with E-state index in [1.807, 2.05) is 19.1 Å². The molecule has 0 radical (unpaired) electrons. The third-order valence-electron chi connectivity index (χ3n) is 3.84. The van der Waals surface area contributed by atoms with Crippen LogP contribution in [0.15, 0.2) is 29.4 Å². The maximum absolute atomic E-state index is 8.61. The Morgan fingerprint density at radius 2 is 1.90 bits per heavy atom. The second kappa shape index (κ2) is 7.17. The Labute approximate surface area is 121 Å². The molecule has 0 aromatic heterocycles. The molecule has 0 aliphatic carbocycles. The Morgan fingerprint density at radius 3 is 2.35 bits per heavy atom. The quantitative estimate of drug-likeness (QED) is 0.346. The zero-order valence-corrected chi connectivity index (χ0v) is 12.9. The summed E-state index contributed by atoms with van der Waals surface area (Å²) in [5.41, 5.74) is 7.00. The van der Waals surface area contributed by atoms with Crippen LogP contribution in [-0.2, 0) is 5.41 Å². The minimum absolute atomic E-state index is 0.0732. The summed E-state index contributed by atoms with van der Waals surface area (Å²) in [5, 5.41) is 11.6. The molecule has 1 unspecified atom stereocenters. The van der Waals surface area contributed by atoms with Crippen molar-refractivity contribution in [3.63, 3.8) is 0 Å². The summed E-state index contributed by atoms with van der Waals surface area (Å²) in [6, 6.07) is 8.19. The number of ether oxygens (including phenoxy) is 1. The Morgan fingerprint density at radius 1 is 1.30 bits per heavy atom. The van der Waals surface area contributed by atoms with Crippen molar-refractivity contribution >= 4 is 5.84 Å². The molecule has 4 nitrogen and oxygen atoms in total. The molecule has 0 bridgehead atoms. The van der Waals surface area contributed by atoms with Crippen molar-refractivity contribution in [3.8, 4) is 5.75 Å². The third-order valence-corrected chi connectivity index (χ3v) is 3.84. The molecule has 1 aromatic carbocycles. The van der Waals surface area contributed by atoms with Crippen molar-refractivity contribution in [2.75, 3.05) is 0 Å². The van der Waals surface area contributed by atoms with Crippen molar-refractivity contribution < 1.29 is 9.94 Å². The van der Waals surface area contributed by atoms with Gasteiger partial charge in [-0.1, -0.05) is 45.0 Å². The summed E-state index contributed by atoms with van der Waals surface area (Å²) >= 11 is 0. The number of amidine groups is 1. The molecule has 0 saturated heterocycles. The molecular weight excluding hydrogens is 252 g/mol. The summed E-state index contributed by atoms with van der Waals surface area (Å²) in [6.45, 7) is 8.67. The second-order valence-electron chi connectivity index (χ2n) is 5.71. The topological polar surface area (TPSA) is 67.8 Å². The Balaban J connectivity index is 2.73. The van der Waals surface area contributed by atoms with Crippen LogP contribution in [0.4, 0.5) is 0 Å². The third kappa shape index (κ3) is 4.44. The van der Waals surface area contributed by atoms with Crippen molar-refractivity contribution in [1.82, 2.24) is 0 Å². The van der Waals surface area contributed by atoms with E-state index in [4.69, 9.17) is 15.7 Å². The Hall–Kier alpha value is -1.71. The predicted molar refractivity (Wildman–Crippen MR) is 82.5 cm³/mol. The first kappa shape index (κ1) is 16.3. The highest BCUT2D eigenvalue weighted by molar-refractivity contribution is 5.80. The molecule has 0 spiro atoms. The molecular formula is C16H26N2O2. The molecule has 0 aliphatic rings. The molecule has 3 N–H and O–H groups in total. The smallest absolute Gasteiger partial charge is 0.142 e. The van der Waals surface area contributed by atoms with Crippen LogP contribution in [0.5, 0.6) is 5.75 Å². The summed E-state index contributed by atoms with van der Waals surface area (Å²) in [7, 11) is 0. The van der Waals surface area contributed by atoms with Crippen LogP contribution in [0.1, 0.15) is 52.5 Å². The van der Waals surface area contributed by atoms with Crippen LogP contribution >= 0.6 is 0 Å². The van der Waals surface area contributed by atoms with E-state index in [9.17, 15) is 0 Å². The zero-order chi connectivity index (χ0) is 15.2. The minimum Gasteiger partial charge on any atom is -0.490 e. The molecule has 1 aromatic rings. The van der Waals surface area contributed by atoms with Gasteiger partial charge in [0.25, 0.3) is 0 Å². The maximum atomic E-state index is 8.61. The Bertz CT molecular complexity index is 438. The van der Waals surface area contributed by atoms with E-state index in [1.165, 1.54) is 5.56 Å². The van der Waals surface area contributed by atoms with Crippen LogP contribution in [0.3, 0.4) is 0 Å². The molecule has 4 heteroatoms. The average molecular weight is 278 g/mol. The largest absolute Gasteiger partial charge is 0.490 e. The van der Waals surface area contributed by atoms with E-state index < -0.39 is 0 Å². The van der Waals surface area contributed by atoms with Crippen LogP contribution < -0.4 is 10.5 Å². The minimum atomic E-state index is -0.0732. The molecule has 0 fully saturated rings. The number of hydrogen-bond donors (Lipinski definition) is 2. The normalized spacial score (nSPS) is 14.1. The van der Waals surface area contributed by atoms with E-state index in [-0.39, 0.29) is 17.4 Å². The lowest BCUT2D eigenvalue weighted by atomic mass is 9.82. The maximum Gasteiger partial charge on any atom is 0.142 e. The fourth-order valence-corrected chi connectivity index (χ4v) is 1.92. The van der Waals surface area contributed by atoms with E-state index in [1.54, 1.807) is 0 Å². The zero-order valence-electron chi connectivity index (χ0n) is 12.9. The van der Waals surface area contributed by atoms with Gasteiger partial charge >= 0.3 is 0 Å². The average Bonchev–Trinajstić information content (AvgIpc) is 2.46. The number of rotatable bonds is 7. The fraction of sp³-hybridized carbons (Fsp3) is 0.562. The first-order valence-corrected chi connectivity index (χ1v) is 7.16. The summed E-state index contributed by atoms with van der Waals surface area (Å²) in [5.74, 6) is 1.01. The second-order valence-corrected chi connectivity index (χ2v) is 5.71. The first-order chi connectivity index (χ1) is 9.42. The lowest BCUT2D eigenvalue weighted by Crippen LogP contribution is -2.24. The highest BCUT2D eigenvalue weighted by atomic mass is 16.5. The molecule has 1 atom stereocenters. The molecule has 112 valence electrons. The number of hydrogen-bond acceptors (Lipinski definition) is 3. The van der Waals surface area contributed by atoms with Crippen molar-refractivity contribution in [2.24, 2.45) is 10.9 Å². The van der Waals surface area contributed by atoms with Gasteiger partial charge < -0.3 is 15.7 Å². The van der Waals surface area contributed by atoms with Crippen LogP contribution in [0.25, 0.3) is 0 Å². The van der Waals surface area contributed by atoms with Crippen LogP contribution in [0.2, 0.25) is 0 Å². The molecule has 20 heavy (non-hydrogen) atoms. The fourth-order valence-electron chi connectivity index (χ4n) is 1.92. The summed E-state index contributed by atoms with van der Waals surface area (Å²) < 4.78 is 5.87. The van der Waals surface area contributed by atoms with Gasteiger partial charge in [-0.2, -0.15) is 0 Å². The van der Waals surface area contributed by atoms with Gasteiger partial charge in [0, 0.05) is 6.42 Å². The number of benzene rings is 1. The highest BCUT2D eigenvalue weighted by Gasteiger charge is 2.18. The van der Waals surface area contributed by atoms with Gasteiger partial charge in [0.1, 0.15) is 17.7 Å². The van der Waals surface area contributed by atoms with E-state index in [0.717, 1.165) is 18.6 Å². The van der Waals surface area contributed by atoms with Crippen molar-refractivity contribution in [2.45, 2.75) is 58.5 Å². The van der Waals surface area contributed by atoms with E-state index >= 15 is 0 Å². The van der Waals surface area contributed by atoms with Gasteiger partial charge in [0.15, 0.2) is 0 Å². The number of nitrogens with two attached hydrogens (primary N) is 1. The van der Waals surface area contributed by atoms with Crippen molar-refractivity contribution in [1.29, 1.82) is 0 Å². The molecule has 0 amide bonds. The lowest BCUT2D eigenvalue weighted by Gasteiger charge is -2.24. The molecule has 1 rings (SSSR count). The SMILES string of the molecule is CCC(C/C(N)=N/O)Oc1ccc(C(C)(C)CC)cc1. The van der Waals surface area contributed by atoms with Gasteiger partial charge in [-0.3, -0.25) is 0 Å².